The summed E-state index contributed by atoms with van der Waals surface area (Å²) in [6.07, 6.45) is 2.56. The number of nitrogens with one attached hydrogen (secondary N) is 2. The van der Waals surface area contributed by atoms with Gasteiger partial charge in [-0.25, -0.2) is 4.99 Å². The van der Waals surface area contributed by atoms with Crippen LogP contribution in [0.5, 0.6) is 5.75 Å². The average molecular weight is 423 g/mol. The second-order valence-corrected chi connectivity index (χ2v) is 8.39. The zero-order valence-corrected chi connectivity index (χ0v) is 18.4. The molecule has 2 aliphatic rings. The third-order valence-electron chi connectivity index (χ3n) is 6.02. The lowest BCUT2D eigenvalue weighted by molar-refractivity contribution is 0.0792. The molecule has 0 bridgehead atoms. The van der Waals surface area contributed by atoms with E-state index in [-0.39, 0.29) is 12.1 Å². The molecule has 1 fully saturated rings. The first kappa shape index (κ1) is 21.7. The maximum atomic E-state index is 9.67. The Morgan fingerprint density at radius 3 is 2.58 bits per heavy atom. The maximum Gasteiger partial charge on any atom is 0.192 e. The summed E-state index contributed by atoms with van der Waals surface area (Å²) in [4.78, 5) is 7.24. The Labute approximate surface area is 185 Å². The number of rotatable bonds is 6. The van der Waals surface area contributed by atoms with E-state index in [1.165, 1.54) is 16.7 Å². The average Bonchev–Trinajstić information content (AvgIpc) is 2.80. The number of aliphatic hydroxyl groups excluding tert-OH is 1. The number of hydrogen-bond acceptors (Lipinski definition) is 4. The number of piperidine rings is 1. The first-order valence-corrected chi connectivity index (χ1v) is 11.5. The number of para-hydroxylation sites is 1. The van der Waals surface area contributed by atoms with Crippen molar-refractivity contribution in [3.8, 4) is 5.75 Å². The van der Waals surface area contributed by atoms with Crippen LogP contribution >= 0.6 is 0 Å². The molecule has 4 rings (SSSR count). The molecule has 0 aliphatic carbocycles. The molecule has 166 valence electrons. The summed E-state index contributed by atoms with van der Waals surface area (Å²) >= 11 is 0. The van der Waals surface area contributed by atoms with Crippen molar-refractivity contribution in [2.75, 3.05) is 26.2 Å². The van der Waals surface area contributed by atoms with Gasteiger partial charge in [-0.2, -0.15) is 0 Å². The molecule has 0 spiro atoms. The molecule has 0 saturated carbocycles. The quantitative estimate of drug-likeness (QED) is 0.493. The van der Waals surface area contributed by atoms with Crippen molar-refractivity contribution in [3.63, 3.8) is 0 Å². The summed E-state index contributed by atoms with van der Waals surface area (Å²) in [5.74, 6) is 1.79. The molecule has 2 heterocycles. The highest BCUT2D eigenvalue weighted by molar-refractivity contribution is 5.80. The van der Waals surface area contributed by atoms with Gasteiger partial charge >= 0.3 is 0 Å². The fraction of sp³-hybridized carbons (Fsp3) is 0.480. The van der Waals surface area contributed by atoms with Gasteiger partial charge in [-0.05, 0) is 37.0 Å². The van der Waals surface area contributed by atoms with E-state index in [0.29, 0.717) is 13.2 Å². The van der Waals surface area contributed by atoms with Gasteiger partial charge in [-0.3, -0.25) is 4.90 Å². The van der Waals surface area contributed by atoms with Crippen LogP contribution in [-0.4, -0.2) is 48.3 Å². The van der Waals surface area contributed by atoms with Crippen molar-refractivity contribution in [1.82, 2.24) is 15.5 Å². The molecule has 6 nitrogen and oxygen atoms in total. The first-order chi connectivity index (χ1) is 15.2. The molecule has 1 atom stereocenters. The van der Waals surface area contributed by atoms with Gasteiger partial charge in [0, 0.05) is 38.2 Å². The van der Waals surface area contributed by atoms with Gasteiger partial charge in [0.05, 0.1) is 25.3 Å². The lowest BCUT2D eigenvalue weighted by Crippen LogP contribution is -2.41. The summed E-state index contributed by atoms with van der Waals surface area (Å²) < 4.78 is 5.78. The topological polar surface area (TPSA) is 69.1 Å². The zero-order chi connectivity index (χ0) is 21.5. The first-order valence-electron chi connectivity index (χ1n) is 11.5. The van der Waals surface area contributed by atoms with Gasteiger partial charge in [0.25, 0.3) is 0 Å². The molecular weight excluding hydrogens is 388 g/mol. The van der Waals surface area contributed by atoms with Crippen molar-refractivity contribution >= 4 is 5.96 Å². The summed E-state index contributed by atoms with van der Waals surface area (Å²) in [6, 6.07) is 17.2. The number of fused-ring (bicyclic) bond motifs is 1. The minimum Gasteiger partial charge on any atom is -0.493 e. The third kappa shape index (κ3) is 5.99. The van der Waals surface area contributed by atoms with Crippen LogP contribution < -0.4 is 15.4 Å². The lowest BCUT2D eigenvalue weighted by atomic mass is 10.0. The monoisotopic (exact) mass is 422 g/mol. The molecule has 31 heavy (non-hydrogen) atoms. The predicted octanol–water partition coefficient (Wildman–Crippen LogP) is 3.22. The molecule has 0 aromatic heterocycles. The van der Waals surface area contributed by atoms with Crippen LogP contribution in [-0.2, 0) is 13.1 Å². The Morgan fingerprint density at radius 2 is 1.81 bits per heavy atom. The number of aliphatic hydroxyl groups is 1. The predicted molar refractivity (Wildman–Crippen MR) is 124 cm³/mol. The summed E-state index contributed by atoms with van der Waals surface area (Å²) in [7, 11) is 0. The van der Waals surface area contributed by atoms with E-state index >= 15 is 0 Å². The Morgan fingerprint density at radius 1 is 1.06 bits per heavy atom. The molecule has 6 heteroatoms. The molecular formula is C25H34N4O2. The maximum absolute atomic E-state index is 9.67. The fourth-order valence-corrected chi connectivity index (χ4v) is 4.23. The van der Waals surface area contributed by atoms with E-state index in [9.17, 15) is 5.11 Å². The van der Waals surface area contributed by atoms with Crippen molar-refractivity contribution in [2.45, 2.75) is 51.4 Å². The zero-order valence-electron chi connectivity index (χ0n) is 18.4. The van der Waals surface area contributed by atoms with Crippen molar-refractivity contribution in [3.05, 3.63) is 65.2 Å². The Bertz CT molecular complexity index is 860. The smallest absolute Gasteiger partial charge is 0.192 e. The number of ether oxygens (including phenoxy) is 1. The normalized spacial score (nSPS) is 20.1. The van der Waals surface area contributed by atoms with Gasteiger partial charge in [0.2, 0.25) is 0 Å². The highest BCUT2D eigenvalue weighted by Crippen LogP contribution is 2.31. The van der Waals surface area contributed by atoms with Gasteiger partial charge in [-0.1, -0.05) is 42.5 Å². The molecule has 1 unspecified atom stereocenters. The van der Waals surface area contributed by atoms with Gasteiger partial charge in [0.1, 0.15) is 5.75 Å². The van der Waals surface area contributed by atoms with E-state index in [1.807, 2.05) is 12.1 Å². The van der Waals surface area contributed by atoms with Crippen LogP contribution in [0, 0.1) is 0 Å². The van der Waals surface area contributed by atoms with E-state index in [1.54, 1.807) is 0 Å². The molecule has 0 amide bonds. The molecule has 0 radical (unpaired) electrons. The standard InChI is InChI=1S/C25H34N4O2/c1-2-26-25(28-23-13-16-31-24-6-4-3-5-22(23)24)27-17-19-7-9-20(10-8-19)18-29-14-11-21(30)12-15-29/h3-10,21,23,30H,2,11-18H2,1H3,(H2,26,27,28). The van der Waals surface area contributed by atoms with Gasteiger partial charge in [-0.15, -0.1) is 0 Å². The van der Waals surface area contributed by atoms with E-state index in [4.69, 9.17) is 9.73 Å². The molecule has 2 aromatic rings. The summed E-state index contributed by atoms with van der Waals surface area (Å²) in [5, 5.41) is 16.6. The van der Waals surface area contributed by atoms with Crippen molar-refractivity contribution in [1.29, 1.82) is 0 Å². The molecule has 1 saturated heterocycles. The van der Waals surface area contributed by atoms with E-state index in [2.05, 4.69) is 58.9 Å². The van der Waals surface area contributed by atoms with Gasteiger partial charge < -0.3 is 20.5 Å². The summed E-state index contributed by atoms with van der Waals surface area (Å²) in [5.41, 5.74) is 3.70. The minimum absolute atomic E-state index is 0.120. The fourth-order valence-electron chi connectivity index (χ4n) is 4.23. The second kappa shape index (κ2) is 10.6. The van der Waals surface area contributed by atoms with Crippen LogP contribution in [0.2, 0.25) is 0 Å². The van der Waals surface area contributed by atoms with Crippen LogP contribution in [0.1, 0.15) is 48.9 Å². The largest absolute Gasteiger partial charge is 0.493 e. The lowest BCUT2D eigenvalue weighted by Gasteiger charge is -2.29. The number of hydrogen-bond donors (Lipinski definition) is 3. The number of nitrogens with zero attached hydrogens (tertiary/aromatic N) is 2. The van der Waals surface area contributed by atoms with E-state index < -0.39 is 0 Å². The number of benzene rings is 2. The summed E-state index contributed by atoms with van der Waals surface area (Å²) in [6.45, 7) is 7.15. The van der Waals surface area contributed by atoms with Crippen molar-refractivity contribution < 1.29 is 9.84 Å². The highest BCUT2D eigenvalue weighted by atomic mass is 16.5. The van der Waals surface area contributed by atoms with Crippen LogP contribution in [0.4, 0.5) is 0 Å². The highest BCUT2D eigenvalue weighted by Gasteiger charge is 2.21. The Balaban J connectivity index is 1.35. The van der Waals surface area contributed by atoms with Crippen molar-refractivity contribution in [2.24, 2.45) is 4.99 Å². The van der Waals surface area contributed by atoms with Crippen LogP contribution in [0.15, 0.2) is 53.5 Å². The molecule has 2 aromatic carbocycles. The van der Waals surface area contributed by atoms with E-state index in [0.717, 1.165) is 57.2 Å². The van der Waals surface area contributed by atoms with Crippen LogP contribution in [0.25, 0.3) is 0 Å². The number of guanidine groups is 1. The third-order valence-corrected chi connectivity index (χ3v) is 6.02. The Hall–Kier alpha value is -2.57. The van der Waals surface area contributed by atoms with Gasteiger partial charge in [0.15, 0.2) is 5.96 Å². The van der Waals surface area contributed by atoms with Crippen LogP contribution in [0.3, 0.4) is 0 Å². The number of likely N-dealkylation sites (tertiary alicyclic amines) is 1. The number of aliphatic imine (C=N–C) groups is 1. The minimum atomic E-state index is -0.120. The molecule has 2 aliphatic heterocycles. The molecule has 3 N–H and O–H groups in total. The second-order valence-electron chi connectivity index (χ2n) is 8.39. The Kier molecular flexibility index (Phi) is 7.43. The SMILES string of the molecule is CCNC(=NCc1ccc(CN2CCC(O)CC2)cc1)NC1CCOc2ccccc21.